The number of hydrogen-bond acceptors (Lipinski definition) is 2. The molecule has 0 radical (unpaired) electrons. The molecule has 0 bridgehead atoms. The van der Waals surface area contributed by atoms with Crippen molar-refractivity contribution in [3.63, 3.8) is 0 Å². The van der Waals surface area contributed by atoms with Crippen LogP contribution in [0.3, 0.4) is 0 Å². The van der Waals surface area contributed by atoms with Crippen LogP contribution < -0.4 is 11.1 Å². The lowest BCUT2D eigenvalue weighted by Gasteiger charge is -2.19. The van der Waals surface area contributed by atoms with Crippen LogP contribution in [0.2, 0.25) is 10.0 Å². The molecule has 0 aliphatic heterocycles. The number of nitrogens with two attached hydrogens (primary N) is 1. The Morgan fingerprint density at radius 1 is 1.29 bits per heavy atom. The highest BCUT2D eigenvalue weighted by atomic mass is 35.5. The van der Waals surface area contributed by atoms with Gasteiger partial charge in [0, 0.05) is 21.8 Å². The van der Waals surface area contributed by atoms with Gasteiger partial charge in [0.2, 0.25) is 5.91 Å². The van der Waals surface area contributed by atoms with Crippen LogP contribution in [0.4, 0.5) is 10.1 Å². The van der Waals surface area contributed by atoms with E-state index < -0.39 is 11.7 Å². The van der Waals surface area contributed by atoms with Gasteiger partial charge in [-0.2, -0.15) is 0 Å². The highest BCUT2D eigenvalue weighted by Crippen LogP contribution is 2.34. The zero-order valence-electron chi connectivity index (χ0n) is 11.2. The van der Waals surface area contributed by atoms with E-state index in [0.29, 0.717) is 21.8 Å². The van der Waals surface area contributed by atoms with E-state index in [9.17, 15) is 9.18 Å². The normalized spacial score (nSPS) is 12.0. The Morgan fingerprint density at radius 2 is 2.00 bits per heavy atom. The number of benzene rings is 2. The van der Waals surface area contributed by atoms with Gasteiger partial charge in [0.15, 0.2) is 0 Å². The fraction of sp³-hybridized carbons (Fsp3) is 0.133. The highest BCUT2D eigenvalue weighted by molar-refractivity contribution is 6.36. The van der Waals surface area contributed by atoms with Gasteiger partial charge < -0.3 is 11.1 Å². The second-order valence-corrected chi connectivity index (χ2v) is 5.35. The number of nitrogens with one attached hydrogen (secondary N) is 1. The van der Waals surface area contributed by atoms with Crippen LogP contribution in [-0.4, -0.2) is 5.91 Å². The standard InChI is InChI=1S/C15H13Cl2FN2O/c1-8(13-11(16)5-6-12(18)14(13)17)20-10-4-2-3-9(7-10)15(19)21/h2-8,20H,1H3,(H2,19,21). The molecule has 1 amide bonds. The third-order valence-corrected chi connectivity index (χ3v) is 3.76. The van der Waals surface area contributed by atoms with Gasteiger partial charge in [-0.05, 0) is 37.3 Å². The van der Waals surface area contributed by atoms with Crippen LogP contribution >= 0.6 is 23.2 Å². The third-order valence-electron chi connectivity index (χ3n) is 3.04. The van der Waals surface area contributed by atoms with Gasteiger partial charge in [-0.25, -0.2) is 4.39 Å². The van der Waals surface area contributed by atoms with Crippen molar-refractivity contribution in [2.24, 2.45) is 5.73 Å². The van der Waals surface area contributed by atoms with E-state index in [2.05, 4.69) is 5.32 Å². The average Bonchev–Trinajstić information content (AvgIpc) is 2.43. The van der Waals surface area contributed by atoms with E-state index in [4.69, 9.17) is 28.9 Å². The minimum atomic E-state index is -0.532. The molecule has 0 fully saturated rings. The fourth-order valence-electron chi connectivity index (χ4n) is 2.02. The van der Waals surface area contributed by atoms with Crippen molar-refractivity contribution in [2.75, 3.05) is 5.32 Å². The number of rotatable bonds is 4. The number of primary amides is 1. The molecule has 0 saturated heterocycles. The van der Waals surface area contributed by atoms with E-state index in [1.807, 2.05) is 0 Å². The predicted molar refractivity (Wildman–Crippen MR) is 83.4 cm³/mol. The van der Waals surface area contributed by atoms with E-state index in [-0.39, 0.29) is 11.1 Å². The van der Waals surface area contributed by atoms with Crippen LogP contribution in [0.25, 0.3) is 0 Å². The molecule has 1 atom stereocenters. The molecule has 6 heteroatoms. The first-order chi connectivity index (χ1) is 9.90. The number of carbonyl (C=O) groups is 1. The molecule has 0 heterocycles. The molecule has 2 aromatic rings. The summed E-state index contributed by atoms with van der Waals surface area (Å²) in [4.78, 5) is 11.2. The molecule has 21 heavy (non-hydrogen) atoms. The summed E-state index contributed by atoms with van der Waals surface area (Å²) in [6, 6.07) is 9.02. The third kappa shape index (κ3) is 3.46. The van der Waals surface area contributed by atoms with Gasteiger partial charge in [-0.15, -0.1) is 0 Å². The summed E-state index contributed by atoms with van der Waals surface area (Å²) >= 11 is 12.0. The van der Waals surface area contributed by atoms with Crippen LogP contribution in [0.5, 0.6) is 0 Å². The zero-order valence-corrected chi connectivity index (χ0v) is 12.7. The molecule has 1 unspecified atom stereocenters. The highest BCUT2D eigenvalue weighted by Gasteiger charge is 2.17. The molecule has 0 aliphatic rings. The van der Waals surface area contributed by atoms with E-state index in [1.165, 1.54) is 12.1 Å². The number of anilines is 1. The maximum atomic E-state index is 13.5. The second kappa shape index (κ2) is 6.33. The Labute approximate surface area is 131 Å². The molecule has 0 aliphatic carbocycles. The summed E-state index contributed by atoms with van der Waals surface area (Å²) in [5.41, 5.74) is 6.74. The van der Waals surface area contributed by atoms with Crippen LogP contribution in [0, 0.1) is 5.82 Å². The molecule has 110 valence electrons. The summed E-state index contributed by atoms with van der Waals surface area (Å²) < 4.78 is 13.5. The summed E-state index contributed by atoms with van der Waals surface area (Å²) in [7, 11) is 0. The Balaban J connectivity index is 2.30. The maximum Gasteiger partial charge on any atom is 0.248 e. The number of carbonyl (C=O) groups excluding carboxylic acids is 1. The molecule has 3 nitrogen and oxygen atoms in total. The molecule has 2 rings (SSSR count). The first-order valence-corrected chi connectivity index (χ1v) is 6.95. The number of hydrogen-bond donors (Lipinski definition) is 2. The SMILES string of the molecule is CC(Nc1cccc(C(N)=O)c1)c1c(Cl)ccc(F)c1Cl. The van der Waals surface area contributed by atoms with Crippen LogP contribution in [0.15, 0.2) is 36.4 Å². The Kier molecular flexibility index (Phi) is 4.70. The second-order valence-electron chi connectivity index (χ2n) is 4.57. The molecular formula is C15H13Cl2FN2O. The summed E-state index contributed by atoms with van der Waals surface area (Å²) in [5, 5.41) is 3.47. The minimum Gasteiger partial charge on any atom is -0.378 e. The molecule has 3 N–H and O–H groups in total. The molecular weight excluding hydrogens is 314 g/mol. The lowest BCUT2D eigenvalue weighted by molar-refractivity contribution is 0.100. The van der Waals surface area contributed by atoms with Crippen molar-refractivity contribution >= 4 is 34.8 Å². The molecule has 0 spiro atoms. The average molecular weight is 327 g/mol. The van der Waals surface area contributed by atoms with Gasteiger partial charge >= 0.3 is 0 Å². The largest absolute Gasteiger partial charge is 0.378 e. The van der Waals surface area contributed by atoms with Crippen molar-refractivity contribution in [3.05, 3.63) is 63.4 Å². The lowest BCUT2D eigenvalue weighted by Crippen LogP contribution is -2.12. The Bertz CT molecular complexity index is 691. The fourth-order valence-corrected chi connectivity index (χ4v) is 2.72. The van der Waals surface area contributed by atoms with Gasteiger partial charge in [0.1, 0.15) is 5.82 Å². The lowest BCUT2D eigenvalue weighted by atomic mass is 10.1. The van der Waals surface area contributed by atoms with Gasteiger partial charge in [0.25, 0.3) is 0 Å². The molecule has 2 aromatic carbocycles. The Hall–Kier alpha value is -1.78. The van der Waals surface area contributed by atoms with E-state index in [0.717, 1.165) is 0 Å². The topological polar surface area (TPSA) is 55.1 Å². The van der Waals surface area contributed by atoms with Crippen molar-refractivity contribution < 1.29 is 9.18 Å². The van der Waals surface area contributed by atoms with Crippen molar-refractivity contribution in [1.82, 2.24) is 0 Å². The Morgan fingerprint density at radius 3 is 2.67 bits per heavy atom. The first-order valence-electron chi connectivity index (χ1n) is 6.20. The van der Waals surface area contributed by atoms with Crippen LogP contribution in [0.1, 0.15) is 28.9 Å². The van der Waals surface area contributed by atoms with Crippen LogP contribution in [-0.2, 0) is 0 Å². The number of amides is 1. The predicted octanol–water partition coefficient (Wildman–Crippen LogP) is 4.40. The van der Waals surface area contributed by atoms with Gasteiger partial charge in [-0.3, -0.25) is 4.79 Å². The molecule has 0 saturated carbocycles. The summed E-state index contributed by atoms with van der Waals surface area (Å²) in [6.45, 7) is 1.80. The van der Waals surface area contributed by atoms with Crippen molar-refractivity contribution in [2.45, 2.75) is 13.0 Å². The smallest absolute Gasteiger partial charge is 0.248 e. The van der Waals surface area contributed by atoms with E-state index >= 15 is 0 Å². The maximum absolute atomic E-state index is 13.5. The quantitative estimate of drug-likeness (QED) is 0.818. The van der Waals surface area contributed by atoms with Crippen molar-refractivity contribution in [1.29, 1.82) is 0 Å². The minimum absolute atomic E-state index is 0.0199. The first kappa shape index (κ1) is 15.6. The van der Waals surface area contributed by atoms with Gasteiger partial charge in [-0.1, -0.05) is 29.3 Å². The van der Waals surface area contributed by atoms with Crippen molar-refractivity contribution in [3.8, 4) is 0 Å². The zero-order chi connectivity index (χ0) is 15.6. The number of halogens is 3. The van der Waals surface area contributed by atoms with Gasteiger partial charge in [0.05, 0.1) is 11.1 Å². The summed E-state index contributed by atoms with van der Waals surface area (Å²) in [5.74, 6) is -1.05. The van der Waals surface area contributed by atoms with E-state index in [1.54, 1.807) is 31.2 Å². The molecule has 0 aromatic heterocycles. The monoisotopic (exact) mass is 326 g/mol. The summed E-state index contributed by atoms with van der Waals surface area (Å²) in [6.07, 6.45) is 0.